The predicted molar refractivity (Wildman–Crippen MR) is 113 cm³/mol. The normalized spacial score (nSPS) is 23.3. The number of aliphatic hydroxyl groups excluding tert-OH is 1. The van der Waals surface area contributed by atoms with Gasteiger partial charge in [0, 0.05) is 19.0 Å². The second-order valence-electron chi connectivity index (χ2n) is 8.34. The molecule has 2 aromatic carbocycles. The summed E-state index contributed by atoms with van der Waals surface area (Å²) in [5.74, 6) is -0.201. The van der Waals surface area contributed by atoms with E-state index in [-0.39, 0.29) is 29.9 Å². The molecular formula is C22H27N3O4S. The summed E-state index contributed by atoms with van der Waals surface area (Å²) in [6, 6.07) is 17.4. The summed E-state index contributed by atoms with van der Waals surface area (Å²) < 4.78 is 28.5. The van der Waals surface area contributed by atoms with Crippen molar-refractivity contribution in [1.29, 1.82) is 0 Å². The highest BCUT2D eigenvalue weighted by Crippen LogP contribution is 2.56. The van der Waals surface area contributed by atoms with Crippen molar-refractivity contribution in [2.24, 2.45) is 0 Å². The maximum absolute atomic E-state index is 13.5. The topological polar surface area (TPSA) is 81.2 Å². The molecule has 2 aliphatic heterocycles. The van der Waals surface area contributed by atoms with E-state index in [0.717, 1.165) is 5.56 Å². The summed E-state index contributed by atoms with van der Waals surface area (Å²) in [4.78, 5) is 16.3. The number of nitrogens with zero attached hydrogens (tertiary/aromatic N) is 3. The maximum Gasteiger partial charge on any atom is 0.244 e. The molecular weight excluding hydrogens is 402 g/mol. The van der Waals surface area contributed by atoms with Gasteiger partial charge in [0.15, 0.2) is 0 Å². The SMILES string of the molecule is CN(C)CC(=O)N1CC2(C1)[C@@H](c1ccccc1)[C@@H](CO)N2S(=O)(=O)c1ccccc1. The molecule has 1 spiro atoms. The molecule has 30 heavy (non-hydrogen) atoms. The third-order valence-electron chi connectivity index (χ3n) is 6.08. The molecule has 0 saturated carbocycles. The molecule has 160 valence electrons. The summed E-state index contributed by atoms with van der Waals surface area (Å²) >= 11 is 0. The summed E-state index contributed by atoms with van der Waals surface area (Å²) in [5.41, 5.74) is 0.238. The molecule has 2 fully saturated rings. The van der Waals surface area contributed by atoms with Crippen molar-refractivity contribution in [3.05, 3.63) is 66.2 Å². The van der Waals surface area contributed by atoms with E-state index in [1.807, 2.05) is 44.4 Å². The zero-order valence-corrected chi connectivity index (χ0v) is 18.0. The number of rotatable bonds is 6. The number of hydrogen-bond donors (Lipinski definition) is 1. The van der Waals surface area contributed by atoms with Crippen molar-refractivity contribution in [3.63, 3.8) is 0 Å². The van der Waals surface area contributed by atoms with Gasteiger partial charge in [-0.3, -0.25) is 4.79 Å². The number of amides is 1. The van der Waals surface area contributed by atoms with Crippen LogP contribution in [0.3, 0.4) is 0 Å². The van der Waals surface area contributed by atoms with Crippen molar-refractivity contribution in [2.45, 2.75) is 22.4 Å². The Kier molecular flexibility index (Phi) is 5.44. The van der Waals surface area contributed by atoms with Crippen LogP contribution in [0.1, 0.15) is 11.5 Å². The van der Waals surface area contributed by atoms with E-state index >= 15 is 0 Å². The smallest absolute Gasteiger partial charge is 0.244 e. The molecule has 0 aliphatic carbocycles. The van der Waals surface area contributed by atoms with Crippen molar-refractivity contribution in [2.75, 3.05) is 40.3 Å². The Morgan fingerprint density at radius 3 is 2.17 bits per heavy atom. The average molecular weight is 430 g/mol. The van der Waals surface area contributed by atoms with E-state index in [2.05, 4.69) is 0 Å². The first-order valence-corrected chi connectivity index (χ1v) is 11.4. The van der Waals surface area contributed by atoms with Crippen LogP contribution in [0.25, 0.3) is 0 Å². The minimum atomic E-state index is -3.82. The number of sulfonamides is 1. The van der Waals surface area contributed by atoms with Crippen LogP contribution in [0.15, 0.2) is 65.6 Å². The first-order chi connectivity index (χ1) is 14.3. The molecule has 2 aromatic rings. The molecule has 0 bridgehead atoms. The van der Waals surface area contributed by atoms with Gasteiger partial charge >= 0.3 is 0 Å². The zero-order chi connectivity index (χ0) is 21.5. The molecule has 0 radical (unpaired) electrons. The maximum atomic E-state index is 13.5. The highest BCUT2D eigenvalue weighted by Gasteiger charge is 2.70. The van der Waals surface area contributed by atoms with Gasteiger partial charge in [-0.15, -0.1) is 0 Å². The minimum absolute atomic E-state index is 0.0260. The Hall–Kier alpha value is -2.26. The van der Waals surface area contributed by atoms with Crippen molar-refractivity contribution < 1.29 is 18.3 Å². The fourth-order valence-corrected chi connectivity index (χ4v) is 6.85. The Morgan fingerprint density at radius 1 is 1.07 bits per heavy atom. The monoisotopic (exact) mass is 429 g/mol. The number of aliphatic hydroxyl groups is 1. The van der Waals surface area contributed by atoms with Gasteiger partial charge in [0.2, 0.25) is 15.9 Å². The summed E-state index contributed by atoms with van der Waals surface area (Å²) in [6.45, 7) is 0.642. The molecule has 1 amide bonds. The van der Waals surface area contributed by atoms with Gasteiger partial charge in [0.05, 0.1) is 29.6 Å². The van der Waals surface area contributed by atoms with Crippen LogP contribution in [-0.4, -0.2) is 85.5 Å². The zero-order valence-electron chi connectivity index (χ0n) is 17.2. The Bertz CT molecular complexity index is 1010. The minimum Gasteiger partial charge on any atom is -0.395 e. The lowest BCUT2D eigenvalue weighted by Crippen LogP contribution is -2.86. The van der Waals surface area contributed by atoms with E-state index < -0.39 is 21.6 Å². The molecule has 1 N–H and O–H groups in total. The van der Waals surface area contributed by atoms with Crippen molar-refractivity contribution >= 4 is 15.9 Å². The molecule has 2 aliphatic rings. The largest absolute Gasteiger partial charge is 0.395 e. The van der Waals surface area contributed by atoms with Crippen molar-refractivity contribution in [3.8, 4) is 0 Å². The van der Waals surface area contributed by atoms with E-state index in [1.54, 1.807) is 40.1 Å². The molecule has 0 aromatic heterocycles. The lowest BCUT2D eigenvalue weighted by Gasteiger charge is -2.69. The van der Waals surface area contributed by atoms with Gasteiger partial charge in [-0.25, -0.2) is 8.42 Å². The third kappa shape index (κ3) is 3.24. The number of likely N-dealkylation sites (tertiary alicyclic amines) is 1. The molecule has 7 nitrogen and oxygen atoms in total. The second kappa shape index (κ2) is 7.77. The lowest BCUT2D eigenvalue weighted by molar-refractivity contribution is -0.167. The van der Waals surface area contributed by atoms with Crippen LogP contribution in [0.5, 0.6) is 0 Å². The molecule has 8 heteroatoms. The Labute approximate surface area is 177 Å². The first-order valence-electron chi connectivity index (χ1n) is 9.99. The number of benzene rings is 2. The number of likely N-dealkylation sites (N-methyl/N-ethyl adjacent to an activating group) is 1. The third-order valence-corrected chi connectivity index (χ3v) is 8.10. The van der Waals surface area contributed by atoms with Gasteiger partial charge in [-0.05, 0) is 31.8 Å². The first kappa shape index (κ1) is 21.0. The van der Waals surface area contributed by atoms with E-state index in [0.29, 0.717) is 13.1 Å². The van der Waals surface area contributed by atoms with E-state index in [1.165, 1.54) is 4.31 Å². The fourth-order valence-electron chi connectivity index (χ4n) is 4.87. The van der Waals surface area contributed by atoms with Crippen LogP contribution in [-0.2, 0) is 14.8 Å². The molecule has 0 unspecified atom stereocenters. The van der Waals surface area contributed by atoms with Crippen LogP contribution in [0.2, 0.25) is 0 Å². The van der Waals surface area contributed by atoms with Gasteiger partial charge in [0.1, 0.15) is 0 Å². The fraction of sp³-hybridized carbons (Fsp3) is 0.409. The standard InChI is InChI=1S/C22H27N3O4S/c1-23(2)13-20(27)24-15-22(16-24)21(17-9-5-3-6-10-17)19(14-26)25(22)30(28,29)18-11-7-4-8-12-18/h3-12,19,21,26H,13-16H2,1-2H3/t19-,21+/m1/s1. The summed E-state index contributed by atoms with van der Waals surface area (Å²) in [5, 5.41) is 10.2. The van der Waals surface area contributed by atoms with Crippen LogP contribution < -0.4 is 0 Å². The highest BCUT2D eigenvalue weighted by atomic mass is 32.2. The quantitative estimate of drug-likeness (QED) is 0.740. The number of carbonyl (C=O) groups excluding carboxylic acids is 1. The van der Waals surface area contributed by atoms with Crippen LogP contribution >= 0.6 is 0 Å². The van der Waals surface area contributed by atoms with E-state index in [9.17, 15) is 18.3 Å². The summed E-state index contributed by atoms with van der Waals surface area (Å²) in [7, 11) is -0.158. The number of hydrogen-bond acceptors (Lipinski definition) is 5. The van der Waals surface area contributed by atoms with Gasteiger partial charge < -0.3 is 14.9 Å². The van der Waals surface area contributed by atoms with Crippen LogP contribution in [0, 0.1) is 0 Å². The Balaban J connectivity index is 1.71. The Morgan fingerprint density at radius 2 is 1.63 bits per heavy atom. The van der Waals surface area contributed by atoms with Gasteiger partial charge in [-0.2, -0.15) is 4.31 Å². The molecule has 2 atom stereocenters. The second-order valence-corrected chi connectivity index (χ2v) is 10.2. The molecule has 4 rings (SSSR count). The summed E-state index contributed by atoms with van der Waals surface area (Å²) in [6.07, 6.45) is 0. The van der Waals surface area contributed by atoms with Crippen LogP contribution in [0.4, 0.5) is 0 Å². The van der Waals surface area contributed by atoms with Gasteiger partial charge in [-0.1, -0.05) is 48.5 Å². The van der Waals surface area contributed by atoms with E-state index in [4.69, 9.17) is 0 Å². The van der Waals surface area contributed by atoms with Gasteiger partial charge in [0.25, 0.3) is 0 Å². The van der Waals surface area contributed by atoms with Crippen molar-refractivity contribution in [1.82, 2.24) is 14.1 Å². The highest BCUT2D eigenvalue weighted by molar-refractivity contribution is 7.89. The predicted octanol–water partition coefficient (Wildman–Crippen LogP) is 0.978. The lowest BCUT2D eigenvalue weighted by atomic mass is 9.63. The average Bonchev–Trinajstić information content (AvgIpc) is 2.67. The molecule has 2 heterocycles. The molecule has 2 saturated heterocycles. The number of carbonyl (C=O) groups is 1.